The molecule has 5 heteroatoms. The number of fused-ring (bicyclic) bond motifs is 3. The van der Waals surface area contributed by atoms with Gasteiger partial charge in [0.1, 0.15) is 0 Å². The zero-order valence-electron chi connectivity index (χ0n) is 10.2. The van der Waals surface area contributed by atoms with Crippen molar-refractivity contribution >= 4 is 35.2 Å². The van der Waals surface area contributed by atoms with Crippen LogP contribution in [0.2, 0.25) is 0 Å². The highest BCUT2D eigenvalue weighted by molar-refractivity contribution is 7.80. The molecular weight excluding hydrogens is 272 g/mol. The lowest BCUT2D eigenvalue weighted by molar-refractivity contribution is 0.0979. The van der Waals surface area contributed by atoms with Crippen molar-refractivity contribution < 1.29 is 9.59 Å². The van der Waals surface area contributed by atoms with Crippen LogP contribution in [0.25, 0.3) is 11.0 Å². The highest BCUT2D eigenvalue weighted by Crippen LogP contribution is 2.30. The van der Waals surface area contributed by atoms with Crippen LogP contribution < -0.4 is 0 Å². The van der Waals surface area contributed by atoms with E-state index in [2.05, 4.69) is 22.6 Å². The quantitative estimate of drug-likeness (QED) is 0.487. The Balaban J connectivity index is 2.07. The summed E-state index contributed by atoms with van der Waals surface area (Å²) in [7, 11) is 0. The molecule has 1 N–H and O–H groups in total. The fourth-order valence-corrected chi connectivity index (χ4v) is 2.82. The van der Waals surface area contributed by atoms with Crippen molar-refractivity contribution in [2.75, 3.05) is 0 Å². The van der Waals surface area contributed by atoms with Crippen LogP contribution in [0, 0.1) is 0 Å². The standard InChI is InChI=1S/C15H8N2O2S/c18-13-7-3-1-2-4-8(7)14(19)10-6-12-11(5-9(10)13)16-15(20)17-12/h1-6H,(H2,16,17,20). The van der Waals surface area contributed by atoms with E-state index in [0.717, 1.165) is 0 Å². The molecule has 4 nitrogen and oxygen atoms in total. The zero-order valence-corrected chi connectivity index (χ0v) is 11.1. The van der Waals surface area contributed by atoms with Crippen molar-refractivity contribution in [3.63, 3.8) is 0 Å². The fraction of sp³-hybridized carbons (Fsp3) is 0. The second kappa shape index (κ2) is 3.80. The second-order valence-corrected chi connectivity index (χ2v) is 5.10. The van der Waals surface area contributed by atoms with E-state index >= 15 is 0 Å². The number of hydrogen-bond acceptors (Lipinski definition) is 4. The number of carbonyl (C=O) groups excluding carboxylic acids is 2. The number of aromatic amines is 1. The maximum Gasteiger partial charge on any atom is 0.194 e. The monoisotopic (exact) mass is 280 g/mol. The molecule has 0 spiro atoms. The Labute approximate surface area is 119 Å². The summed E-state index contributed by atoms with van der Waals surface area (Å²) in [6.07, 6.45) is 0. The molecule has 0 saturated heterocycles. The third-order valence-corrected chi connectivity index (χ3v) is 3.73. The van der Waals surface area contributed by atoms with Crippen LogP contribution >= 0.6 is 12.6 Å². The van der Waals surface area contributed by atoms with Crippen molar-refractivity contribution in [2.45, 2.75) is 5.16 Å². The Bertz CT molecular complexity index is 839. The number of ketones is 2. The summed E-state index contributed by atoms with van der Waals surface area (Å²) in [6.45, 7) is 0. The van der Waals surface area contributed by atoms with E-state index in [1.807, 2.05) is 0 Å². The molecule has 4 rings (SSSR count). The normalized spacial score (nSPS) is 13.4. The van der Waals surface area contributed by atoms with Gasteiger partial charge in [0.2, 0.25) is 0 Å². The van der Waals surface area contributed by atoms with Gasteiger partial charge in [0.05, 0.1) is 11.0 Å². The Kier molecular flexibility index (Phi) is 2.17. The van der Waals surface area contributed by atoms with Crippen LogP contribution in [-0.2, 0) is 0 Å². The number of aromatic nitrogens is 2. The maximum absolute atomic E-state index is 12.5. The highest BCUT2D eigenvalue weighted by Gasteiger charge is 2.29. The molecule has 20 heavy (non-hydrogen) atoms. The fourth-order valence-electron chi connectivity index (χ4n) is 2.59. The third kappa shape index (κ3) is 1.41. The van der Waals surface area contributed by atoms with Crippen molar-refractivity contribution in [3.8, 4) is 0 Å². The van der Waals surface area contributed by atoms with Gasteiger partial charge in [-0.3, -0.25) is 9.59 Å². The van der Waals surface area contributed by atoms with Crippen LogP contribution in [-0.4, -0.2) is 21.5 Å². The molecule has 1 heterocycles. The largest absolute Gasteiger partial charge is 0.333 e. The summed E-state index contributed by atoms with van der Waals surface area (Å²) < 4.78 is 0. The molecule has 0 fully saturated rings. The lowest BCUT2D eigenvalue weighted by atomic mass is 9.84. The van der Waals surface area contributed by atoms with Crippen molar-refractivity contribution in [1.29, 1.82) is 0 Å². The lowest BCUT2D eigenvalue weighted by Gasteiger charge is -2.16. The summed E-state index contributed by atoms with van der Waals surface area (Å²) in [6, 6.07) is 10.2. The summed E-state index contributed by atoms with van der Waals surface area (Å²) in [5.74, 6) is -0.270. The first-order valence-corrected chi connectivity index (χ1v) is 6.51. The molecule has 0 bridgehead atoms. The summed E-state index contributed by atoms with van der Waals surface area (Å²) >= 11 is 4.14. The molecule has 1 aromatic heterocycles. The first-order chi connectivity index (χ1) is 9.65. The molecule has 0 atom stereocenters. The molecule has 1 aliphatic carbocycles. The first kappa shape index (κ1) is 11.4. The smallest absolute Gasteiger partial charge is 0.194 e. The predicted octanol–water partition coefficient (Wildman–Crippen LogP) is 2.63. The van der Waals surface area contributed by atoms with Crippen LogP contribution in [0.5, 0.6) is 0 Å². The van der Waals surface area contributed by atoms with Gasteiger partial charge in [0.25, 0.3) is 0 Å². The number of rotatable bonds is 0. The predicted molar refractivity (Wildman–Crippen MR) is 76.7 cm³/mol. The summed E-state index contributed by atoms with van der Waals surface area (Å²) in [5.41, 5.74) is 3.06. The van der Waals surface area contributed by atoms with Crippen LogP contribution in [0.3, 0.4) is 0 Å². The number of benzene rings is 2. The van der Waals surface area contributed by atoms with Gasteiger partial charge < -0.3 is 4.98 Å². The van der Waals surface area contributed by atoms with E-state index in [1.54, 1.807) is 36.4 Å². The molecular formula is C15H8N2O2S. The van der Waals surface area contributed by atoms with Crippen LogP contribution in [0.1, 0.15) is 31.8 Å². The van der Waals surface area contributed by atoms with Crippen LogP contribution in [0.4, 0.5) is 0 Å². The van der Waals surface area contributed by atoms with Gasteiger partial charge in [0, 0.05) is 22.3 Å². The number of thiol groups is 1. The van der Waals surface area contributed by atoms with E-state index in [4.69, 9.17) is 0 Å². The second-order valence-electron chi connectivity index (χ2n) is 4.68. The van der Waals surface area contributed by atoms with Crippen molar-refractivity contribution in [3.05, 3.63) is 58.7 Å². The number of H-pyrrole nitrogens is 1. The van der Waals surface area contributed by atoms with E-state index in [1.165, 1.54) is 0 Å². The van der Waals surface area contributed by atoms with Gasteiger partial charge in [-0.15, -0.1) is 12.6 Å². The van der Waals surface area contributed by atoms with Crippen molar-refractivity contribution in [2.24, 2.45) is 0 Å². The summed E-state index contributed by atoms with van der Waals surface area (Å²) in [4.78, 5) is 32.1. The minimum Gasteiger partial charge on any atom is -0.333 e. The van der Waals surface area contributed by atoms with Gasteiger partial charge in [0.15, 0.2) is 16.7 Å². The Morgan fingerprint density at radius 2 is 1.50 bits per heavy atom. The molecule has 0 radical (unpaired) electrons. The average Bonchev–Trinajstić information content (AvgIpc) is 2.82. The minimum atomic E-state index is -0.138. The topological polar surface area (TPSA) is 62.8 Å². The Hall–Kier alpha value is -2.40. The number of hydrogen-bond donors (Lipinski definition) is 2. The molecule has 3 aromatic rings. The van der Waals surface area contributed by atoms with Gasteiger partial charge in [-0.2, -0.15) is 0 Å². The Morgan fingerprint density at radius 1 is 0.900 bits per heavy atom. The molecule has 0 amide bonds. The van der Waals surface area contributed by atoms with Gasteiger partial charge >= 0.3 is 0 Å². The third-order valence-electron chi connectivity index (χ3n) is 3.51. The molecule has 2 aromatic carbocycles. The highest BCUT2D eigenvalue weighted by atomic mass is 32.1. The number of nitrogens with zero attached hydrogens (tertiary/aromatic N) is 1. The lowest BCUT2D eigenvalue weighted by Crippen LogP contribution is -2.20. The van der Waals surface area contributed by atoms with Crippen LogP contribution in [0.15, 0.2) is 41.6 Å². The van der Waals surface area contributed by atoms with Gasteiger partial charge in [-0.25, -0.2) is 4.98 Å². The van der Waals surface area contributed by atoms with Gasteiger partial charge in [-0.05, 0) is 12.1 Å². The SMILES string of the molecule is O=C1c2ccccc2C(=O)c2cc3[nH]c(S)nc3cc21. The minimum absolute atomic E-state index is 0.132. The molecule has 1 aliphatic rings. The van der Waals surface area contributed by atoms with E-state index in [0.29, 0.717) is 38.4 Å². The number of carbonyl (C=O) groups is 2. The average molecular weight is 280 g/mol. The van der Waals surface area contributed by atoms with Gasteiger partial charge in [-0.1, -0.05) is 24.3 Å². The molecule has 0 unspecified atom stereocenters. The number of imidazole rings is 1. The van der Waals surface area contributed by atoms with Crippen molar-refractivity contribution in [1.82, 2.24) is 9.97 Å². The Morgan fingerprint density at radius 3 is 2.15 bits per heavy atom. The van der Waals surface area contributed by atoms with E-state index in [-0.39, 0.29) is 11.6 Å². The first-order valence-electron chi connectivity index (χ1n) is 6.06. The number of nitrogens with one attached hydrogen (secondary N) is 1. The van der Waals surface area contributed by atoms with E-state index in [9.17, 15) is 9.59 Å². The summed E-state index contributed by atoms with van der Waals surface area (Å²) in [5, 5.41) is 0.458. The molecule has 0 saturated carbocycles. The maximum atomic E-state index is 12.5. The molecule has 0 aliphatic heterocycles. The van der Waals surface area contributed by atoms with E-state index < -0.39 is 0 Å². The zero-order chi connectivity index (χ0) is 13.9. The molecule has 96 valence electrons.